The number of aliphatic imine (C=N–C) groups is 1. The predicted octanol–water partition coefficient (Wildman–Crippen LogP) is 0.838. The summed E-state index contributed by atoms with van der Waals surface area (Å²) in [5, 5.41) is 3.06. The number of carbonyl (C=O) groups excluding carboxylic acids is 1. The first-order valence-electron chi connectivity index (χ1n) is 7.19. The summed E-state index contributed by atoms with van der Waals surface area (Å²) in [6.45, 7) is 3.85. The van der Waals surface area contributed by atoms with Gasteiger partial charge in [0.1, 0.15) is 0 Å². The molecular formula is C13H25F3IN5O. The largest absolute Gasteiger partial charge is 0.401 e. The van der Waals surface area contributed by atoms with Crippen molar-refractivity contribution in [3.05, 3.63) is 0 Å². The van der Waals surface area contributed by atoms with E-state index in [1.807, 2.05) is 4.90 Å². The van der Waals surface area contributed by atoms with Crippen LogP contribution in [0.2, 0.25) is 0 Å². The molecule has 0 saturated carbocycles. The van der Waals surface area contributed by atoms with Crippen molar-refractivity contribution in [2.45, 2.75) is 13.1 Å². The third-order valence-electron chi connectivity index (χ3n) is 3.46. The molecule has 0 bridgehead atoms. The summed E-state index contributed by atoms with van der Waals surface area (Å²) in [6.07, 6.45) is -4.18. The summed E-state index contributed by atoms with van der Waals surface area (Å²) >= 11 is 0. The molecule has 1 rings (SSSR count). The molecule has 1 heterocycles. The van der Waals surface area contributed by atoms with Crippen LogP contribution >= 0.6 is 24.0 Å². The number of piperazine rings is 1. The van der Waals surface area contributed by atoms with Crippen LogP contribution in [-0.2, 0) is 4.79 Å². The second-order valence-electron chi connectivity index (χ2n) is 5.32. The Morgan fingerprint density at radius 3 is 2.17 bits per heavy atom. The number of guanidine groups is 1. The van der Waals surface area contributed by atoms with Gasteiger partial charge in [0.25, 0.3) is 0 Å². The third-order valence-corrected chi connectivity index (χ3v) is 3.46. The van der Waals surface area contributed by atoms with E-state index in [-0.39, 0.29) is 36.4 Å². The summed E-state index contributed by atoms with van der Waals surface area (Å²) in [4.78, 5) is 20.4. The first-order chi connectivity index (χ1) is 10.2. The van der Waals surface area contributed by atoms with E-state index in [1.54, 1.807) is 18.9 Å². The van der Waals surface area contributed by atoms with Crippen molar-refractivity contribution in [1.29, 1.82) is 0 Å². The Bertz CT molecular complexity index is 398. The highest BCUT2D eigenvalue weighted by atomic mass is 127. The topological polar surface area (TPSA) is 51.2 Å². The molecule has 1 aliphatic heterocycles. The fraction of sp³-hybridized carbons (Fsp3) is 0.846. The molecule has 0 aromatic rings. The van der Waals surface area contributed by atoms with Crippen molar-refractivity contribution < 1.29 is 18.0 Å². The van der Waals surface area contributed by atoms with Gasteiger partial charge in [0.2, 0.25) is 5.91 Å². The molecule has 0 aromatic carbocycles. The van der Waals surface area contributed by atoms with Gasteiger partial charge in [-0.2, -0.15) is 13.2 Å². The highest BCUT2D eigenvalue weighted by Crippen LogP contribution is 2.15. The maximum absolute atomic E-state index is 12.2. The second kappa shape index (κ2) is 10.2. The predicted molar refractivity (Wildman–Crippen MR) is 94.2 cm³/mol. The molecular weight excluding hydrogens is 426 g/mol. The van der Waals surface area contributed by atoms with E-state index in [4.69, 9.17) is 0 Å². The van der Waals surface area contributed by atoms with Gasteiger partial charge in [0.15, 0.2) is 5.96 Å². The Hall–Kier alpha value is -0.780. The molecule has 23 heavy (non-hydrogen) atoms. The van der Waals surface area contributed by atoms with Crippen LogP contribution in [0, 0.1) is 0 Å². The van der Waals surface area contributed by atoms with Crippen molar-refractivity contribution in [1.82, 2.24) is 20.0 Å². The van der Waals surface area contributed by atoms with E-state index in [0.717, 1.165) is 0 Å². The maximum atomic E-state index is 12.2. The van der Waals surface area contributed by atoms with Gasteiger partial charge < -0.3 is 15.1 Å². The average molecular weight is 451 g/mol. The van der Waals surface area contributed by atoms with Gasteiger partial charge in [0.05, 0.1) is 6.54 Å². The minimum Gasteiger partial charge on any atom is -0.355 e. The first-order valence-corrected chi connectivity index (χ1v) is 7.19. The number of alkyl halides is 3. The Kier molecular flexibility index (Phi) is 9.82. The number of hydrogen-bond donors (Lipinski definition) is 1. The first kappa shape index (κ1) is 22.2. The van der Waals surface area contributed by atoms with Gasteiger partial charge in [-0.15, -0.1) is 24.0 Å². The van der Waals surface area contributed by atoms with E-state index in [2.05, 4.69) is 10.3 Å². The lowest BCUT2D eigenvalue weighted by Gasteiger charge is -2.36. The zero-order chi connectivity index (χ0) is 16.8. The lowest BCUT2D eigenvalue weighted by Crippen LogP contribution is -2.54. The van der Waals surface area contributed by atoms with Crippen molar-refractivity contribution in [2.24, 2.45) is 4.99 Å². The van der Waals surface area contributed by atoms with Crippen LogP contribution in [0.5, 0.6) is 0 Å². The molecule has 6 nitrogen and oxygen atoms in total. The quantitative estimate of drug-likeness (QED) is 0.391. The molecule has 0 aromatic heterocycles. The molecule has 0 radical (unpaired) electrons. The third kappa shape index (κ3) is 8.58. The fourth-order valence-corrected chi connectivity index (χ4v) is 2.31. The molecule has 1 amide bonds. The van der Waals surface area contributed by atoms with Gasteiger partial charge in [-0.1, -0.05) is 0 Å². The zero-order valence-corrected chi connectivity index (χ0v) is 16.0. The molecule has 136 valence electrons. The van der Waals surface area contributed by atoms with Crippen LogP contribution in [0.4, 0.5) is 13.2 Å². The number of carbonyl (C=O) groups is 1. The lowest BCUT2D eigenvalue weighted by molar-refractivity contribution is -0.142. The van der Waals surface area contributed by atoms with Crippen molar-refractivity contribution in [3.63, 3.8) is 0 Å². The van der Waals surface area contributed by atoms with E-state index < -0.39 is 12.7 Å². The molecule has 0 aliphatic carbocycles. The average Bonchev–Trinajstić information content (AvgIpc) is 2.42. The Labute approximate surface area is 152 Å². The standard InChI is InChI=1S/C13H24F3N5O.HI/c1-11(22)20-6-8-21(9-7-20)12(17-2)18-4-5-19(3)10-13(14,15)16;/h4-10H2,1-3H3,(H,17,18);1H. The molecule has 0 spiro atoms. The molecule has 0 unspecified atom stereocenters. The second-order valence-corrected chi connectivity index (χ2v) is 5.32. The summed E-state index contributed by atoms with van der Waals surface area (Å²) in [6, 6.07) is 0. The highest BCUT2D eigenvalue weighted by Gasteiger charge is 2.29. The number of halogens is 4. The Morgan fingerprint density at radius 2 is 1.74 bits per heavy atom. The minimum atomic E-state index is -4.18. The Balaban J connectivity index is 0.00000484. The van der Waals surface area contributed by atoms with Gasteiger partial charge >= 0.3 is 6.18 Å². The molecule has 1 N–H and O–H groups in total. The summed E-state index contributed by atoms with van der Waals surface area (Å²) in [5.74, 6) is 0.708. The van der Waals surface area contributed by atoms with Crippen LogP contribution in [0.25, 0.3) is 0 Å². The minimum absolute atomic E-state index is 0. The van der Waals surface area contributed by atoms with E-state index in [1.165, 1.54) is 11.9 Å². The Morgan fingerprint density at radius 1 is 1.22 bits per heavy atom. The monoisotopic (exact) mass is 451 g/mol. The van der Waals surface area contributed by atoms with Crippen LogP contribution < -0.4 is 5.32 Å². The van der Waals surface area contributed by atoms with Crippen LogP contribution in [0.1, 0.15) is 6.92 Å². The maximum Gasteiger partial charge on any atom is 0.401 e. The number of hydrogen-bond acceptors (Lipinski definition) is 3. The number of rotatable bonds is 4. The number of likely N-dealkylation sites (N-methyl/N-ethyl adjacent to an activating group) is 1. The molecule has 0 atom stereocenters. The zero-order valence-electron chi connectivity index (χ0n) is 13.7. The van der Waals surface area contributed by atoms with Gasteiger partial charge in [-0.3, -0.25) is 14.7 Å². The van der Waals surface area contributed by atoms with Gasteiger partial charge in [-0.05, 0) is 7.05 Å². The SMILES string of the molecule is CN=C(NCCN(C)CC(F)(F)F)N1CCN(C(C)=O)CC1.I. The van der Waals surface area contributed by atoms with E-state index in [0.29, 0.717) is 38.7 Å². The van der Waals surface area contributed by atoms with Crippen molar-refractivity contribution >= 4 is 35.8 Å². The van der Waals surface area contributed by atoms with E-state index >= 15 is 0 Å². The van der Waals surface area contributed by atoms with Crippen LogP contribution in [-0.4, -0.2) is 92.7 Å². The lowest BCUT2D eigenvalue weighted by atomic mass is 10.3. The summed E-state index contributed by atoms with van der Waals surface area (Å²) < 4.78 is 36.7. The summed E-state index contributed by atoms with van der Waals surface area (Å²) in [7, 11) is 3.07. The molecule has 10 heteroatoms. The van der Waals surface area contributed by atoms with Gasteiger partial charge in [-0.25, -0.2) is 0 Å². The molecule has 1 fully saturated rings. The number of nitrogens with zero attached hydrogens (tertiary/aromatic N) is 4. The van der Waals surface area contributed by atoms with Crippen molar-refractivity contribution in [2.75, 3.05) is 59.9 Å². The molecule has 1 aliphatic rings. The normalized spacial score (nSPS) is 16.4. The fourth-order valence-electron chi connectivity index (χ4n) is 2.31. The van der Waals surface area contributed by atoms with Gasteiger partial charge in [0, 0.05) is 53.2 Å². The van der Waals surface area contributed by atoms with Crippen LogP contribution in [0.3, 0.4) is 0 Å². The number of nitrogens with one attached hydrogen (secondary N) is 1. The number of amides is 1. The van der Waals surface area contributed by atoms with Crippen molar-refractivity contribution in [3.8, 4) is 0 Å². The van der Waals surface area contributed by atoms with E-state index in [9.17, 15) is 18.0 Å². The highest BCUT2D eigenvalue weighted by molar-refractivity contribution is 14.0. The van der Waals surface area contributed by atoms with Crippen LogP contribution in [0.15, 0.2) is 4.99 Å². The molecule has 1 saturated heterocycles. The smallest absolute Gasteiger partial charge is 0.355 e. The summed E-state index contributed by atoms with van der Waals surface area (Å²) in [5.41, 5.74) is 0.